The molecule has 0 rings (SSSR count). The van der Waals surface area contributed by atoms with Crippen LogP contribution in [0.5, 0.6) is 0 Å². The number of aliphatic carboxylic acids is 1. The van der Waals surface area contributed by atoms with Gasteiger partial charge in [0.25, 0.3) is 0 Å². The number of primary amides is 1. The molecule has 0 saturated heterocycles. The maximum atomic E-state index is 12.8. The summed E-state index contributed by atoms with van der Waals surface area (Å²) in [5, 5.41) is 35.1. The Morgan fingerprint density at radius 1 is 0.818 bits per heavy atom. The third-order valence-corrected chi connectivity index (χ3v) is 4.76. The van der Waals surface area contributed by atoms with Crippen LogP contribution in [0.2, 0.25) is 0 Å². The van der Waals surface area contributed by atoms with Gasteiger partial charge in [-0.15, -0.1) is 0 Å². The molecular formula is C19H36N6O8. The molecule has 14 heteroatoms. The monoisotopic (exact) mass is 476 g/mol. The Morgan fingerprint density at radius 3 is 1.79 bits per heavy atom. The van der Waals surface area contributed by atoms with E-state index in [0.717, 1.165) is 0 Å². The summed E-state index contributed by atoms with van der Waals surface area (Å²) in [7, 11) is 0. The van der Waals surface area contributed by atoms with Crippen LogP contribution in [0.15, 0.2) is 0 Å². The summed E-state index contributed by atoms with van der Waals surface area (Å²) in [5.74, 6) is -4.78. The standard InChI is InChI=1S/C19H36N6O8/c1-9(26)14(22)18(31)24-12(6-7-13(21)28)16(29)23-11(5-3-4-8-20)17(30)25-15(10(2)27)19(32)33/h9-12,14-15,26-27H,3-8,20,22H2,1-2H3,(H2,21,28)(H,23,29)(H,24,31)(H,25,30)(H,32,33). The van der Waals surface area contributed by atoms with Gasteiger partial charge < -0.3 is 48.5 Å². The highest BCUT2D eigenvalue weighted by atomic mass is 16.4. The van der Waals surface area contributed by atoms with E-state index in [4.69, 9.17) is 17.2 Å². The Kier molecular flexibility index (Phi) is 13.8. The fourth-order valence-corrected chi connectivity index (χ4v) is 2.72. The molecule has 6 atom stereocenters. The zero-order valence-corrected chi connectivity index (χ0v) is 18.8. The SMILES string of the molecule is CC(O)C(N)C(=O)NC(CCC(N)=O)C(=O)NC(CCCCN)C(=O)NC(C(=O)O)C(C)O. The van der Waals surface area contributed by atoms with Gasteiger partial charge in [-0.3, -0.25) is 19.2 Å². The number of hydrogen-bond acceptors (Lipinski definition) is 9. The quantitative estimate of drug-likeness (QED) is 0.0975. The molecule has 6 unspecified atom stereocenters. The van der Waals surface area contributed by atoms with Crippen LogP contribution in [-0.4, -0.2) is 87.8 Å². The van der Waals surface area contributed by atoms with Crippen LogP contribution in [0.25, 0.3) is 0 Å². The molecule has 0 radical (unpaired) electrons. The molecule has 190 valence electrons. The molecular weight excluding hydrogens is 440 g/mol. The van der Waals surface area contributed by atoms with E-state index in [0.29, 0.717) is 19.4 Å². The predicted molar refractivity (Wildman–Crippen MR) is 116 cm³/mol. The summed E-state index contributed by atoms with van der Waals surface area (Å²) in [6, 6.07) is -5.49. The lowest BCUT2D eigenvalue weighted by molar-refractivity contribution is -0.145. The van der Waals surface area contributed by atoms with E-state index in [2.05, 4.69) is 16.0 Å². The number of carbonyl (C=O) groups excluding carboxylic acids is 4. The lowest BCUT2D eigenvalue weighted by Crippen LogP contribution is -2.59. The summed E-state index contributed by atoms with van der Waals surface area (Å²) in [6.45, 7) is 2.78. The Balaban J connectivity index is 5.57. The van der Waals surface area contributed by atoms with Crippen molar-refractivity contribution in [1.82, 2.24) is 16.0 Å². The molecule has 0 aliphatic carbocycles. The van der Waals surface area contributed by atoms with E-state index >= 15 is 0 Å². The van der Waals surface area contributed by atoms with Crippen molar-refractivity contribution in [2.45, 2.75) is 82.3 Å². The van der Waals surface area contributed by atoms with Crippen molar-refractivity contribution in [3.8, 4) is 0 Å². The Hall–Kier alpha value is -2.81. The van der Waals surface area contributed by atoms with E-state index in [1.807, 2.05) is 0 Å². The van der Waals surface area contributed by atoms with Crippen LogP contribution in [0.4, 0.5) is 0 Å². The van der Waals surface area contributed by atoms with E-state index in [-0.39, 0.29) is 19.3 Å². The second-order valence-electron chi connectivity index (χ2n) is 7.74. The normalized spacial score (nSPS) is 16.4. The number of unbranched alkanes of at least 4 members (excludes halogenated alkanes) is 1. The second kappa shape index (κ2) is 15.1. The highest BCUT2D eigenvalue weighted by Crippen LogP contribution is 2.06. The molecule has 0 fully saturated rings. The van der Waals surface area contributed by atoms with Crippen molar-refractivity contribution >= 4 is 29.6 Å². The first kappa shape index (κ1) is 30.2. The first-order valence-corrected chi connectivity index (χ1v) is 10.6. The summed E-state index contributed by atoms with van der Waals surface area (Å²) in [5.41, 5.74) is 16.1. The van der Waals surface area contributed by atoms with Crippen molar-refractivity contribution in [2.24, 2.45) is 17.2 Å². The summed E-state index contributed by atoms with van der Waals surface area (Å²) in [4.78, 5) is 60.1. The van der Waals surface area contributed by atoms with E-state index in [9.17, 15) is 39.3 Å². The largest absolute Gasteiger partial charge is 0.480 e. The third-order valence-electron chi connectivity index (χ3n) is 4.76. The number of carboxylic acids is 1. The van der Waals surface area contributed by atoms with Gasteiger partial charge in [-0.05, 0) is 46.1 Å². The molecule has 0 saturated carbocycles. The van der Waals surface area contributed by atoms with E-state index < -0.39 is 66.0 Å². The van der Waals surface area contributed by atoms with Crippen LogP contribution in [0.1, 0.15) is 46.0 Å². The number of carbonyl (C=O) groups is 5. The predicted octanol–water partition coefficient (Wildman–Crippen LogP) is -3.99. The average Bonchev–Trinajstić information content (AvgIpc) is 2.72. The molecule has 12 N–H and O–H groups in total. The van der Waals surface area contributed by atoms with Crippen molar-refractivity contribution in [3.63, 3.8) is 0 Å². The van der Waals surface area contributed by atoms with Gasteiger partial charge in [0.15, 0.2) is 6.04 Å². The minimum Gasteiger partial charge on any atom is -0.480 e. The van der Waals surface area contributed by atoms with Gasteiger partial charge in [0, 0.05) is 6.42 Å². The number of carboxylic acid groups (broad SMARTS) is 1. The minimum atomic E-state index is -1.61. The van der Waals surface area contributed by atoms with Gasteiger partial charge in [0.1, 0.15) is 18.1 Å². The molecule has 0 spiro atoms. The molecule has 0 bridgehead atoms. The minimum absolute atomic E-state index is 0.0879. The van der Waals surface area contributed by atoms with Gasteiger partial charge in [-0.25, -0.2) is 4.79 Å². The van der Waals surface area contributed by atoms with Crippen LogP contribution in [-0.2, 0) is 24.0 Å². The molecule has 33 heavy (non-hydrogen) atoms. The highest BCUT2D eigenvalue weighted by Gasteiger charge is 2.32. The molecule has 4 amide bonds. The van der Waals surface area contributed by atoms with Crippen molar-refractivity contribution in [1.29, 1.82) is 0 Å². The number of aliphatic hydroxyl groups excluding tert-OH is 2. The average molecular weight is 477 g/mol. The van der Waals surface area contributed by atoms with Gasteiger partial charge >= 0.3 is 5.97 Å². The third kappa shape index (κ3) is 11.6. The van der Waals surface area contributed by atoms with Crippen molar-refractivity contribution in [2.75, 3.05) is 6.54 Å². The molecule has 0 aromatic rings. The number of nitrogens with two attached hydrogens (primary N) is 3. The number of hydrogen-bond donors (Lipinski definition) is 9. The van der Waals surface area contributed by atoms with Crippen molar-refractivity contribution in [3.05, 3.63) is 0 Å². The topological polar surface area (TPSA) is 260 Å². The van der Waals surface area contributed by atoms with Gasteiger partial charge in [0.2, 0.25) is 23.6 Å². The second-order valence-corrected chi connectivity index (χ2v) is 7.74. The highest BCUT2D eigenvalue weighted by molar-refractivity contribution is 5.94. The van der Waals surface area contributed by atoms with Crippen LogP contribution < -0.4 is 33.2 Å². The smallest absolute Gasteiger partial charge is 0.328 e. The molecule has 0 aromatic carbocycles. The lowest BCUT2D eigenvalue weighted by atomic mass is 10.0. The lowest BCUT2D eigenvalue weighted by Gasteiger charge is -2.26. The van der Waals surface area contributed by atoms with Gasteiger partial charge in [0.05, 0.1) is 12.2 Å². The summed E-state index contributed by atoms with van der Waals surface area (Å²) < 4.78 is 0. The Morgan fingerprint density at radius 2 is 1.33 bits per heavy atom. The summed E-state index contributed by atoms with van der Waals surface area (Å²) in [6.07, 6.45) is -2.08. The molecule has 14 nitrogen and oxygen atoms in total. The Labute approximate surface area is 191 Å². The number of aliphatic hydroxyl groups is 2. The zero-order chi connectivity index (χ0) is 25.7. The number of nitrogens with one attached hydrogen (secondary N) is 3. The van der Waals surface area contributed by atoms with E-state index in [1.165, 1.54) is 13.8 Å². The molecule has 0 aliphatic rings. The van der Waals surface area contributed by atoms with Crippen LogP contribution in [0, 0.1) is 0 Å². The number of amides is 4. The molecule has 0 aliphatic heterocycles. The van der Waals surface area contributed by atoms with Gasteiger partial charge in [-0.2, -0.15) is 0 Å². The maximum absolute atomic E-state index is 12.8. The zero-order valence-electron chi connectivity index (χ0n) is 18.8. The van der Waals surface area contributed by atoms with Crippen LogP contribution in [0.3, 0.4) is 0 Å². The fraction of sp³-hybridized carbons (Fsp3) is 0.737. The van der Waals surface area contributed by atoms with Gasteiger partial charge in [-0.1, -0.05) is 0 Å². The first-order valence-electron chi connectivity index (χ1n) is 10.6. The number of rotatable bonds is 16. The van der Waals surface area contributed by atoms with E-state index in [1.54, 1.807) is 0 Å². The first-order chi connectivity index (χ1) is 15.3. The Bertz CT molecular complexity index is 687. The fourth-order valence-electron chi connectivity index (χ4n) is 2.72. The maximum Gasteiger partial charge on any atom is 0.328 e. The molecule has 0 aromatic heterocycles. The van der Waals surface area contributed by atoms with Crippen LogP contribution >= 0.6 is 0 Å². The summed E-state index contributed by atoms with van der Waals surface area (Å²) >= 11 is 0. The van der Waals surface area contributed by atoms with Crippen molar-refractivity contribution < 1.29 is 39.3 Å². The molecule has 0 heterocycles.